The first-order valence-corrected chi connectivity index (χ1v) is 12.4. The number of thiazole rings is 1. The molecule has 2 N–H and O–H groups in total. The molecule has 1 heterocycles. The molecule has 0 saturated heterocycles. The molecule has 30 heavy (non-hydrogen) atoms. The number of benzene rings is 1. The van der Waals surface area contributed by atoms with E-state index in [0.29, 0.717) is 12.3 Å². The van der Waals surface area contributed by atoms with Gasteiger partial charge in [0.25, 0.3) is 10.0 Å². The summed E-state index contributed by atoms with van der Waals surface area (Å²) < 4.78 is 47.3. The molecular formula is C19H26ClFN4O3S2. The highest BCUT2D eigenvalue weighted by Crippen LogP contribution is 2.32. The summed E-state index contributed by atoms with van der Waals surface area (Å²) in [5.74, 6) is -0.869. The largest absolute Gasteiger partial charge is 0.383 e. The van der Waals surface area contributed by atoms with Gasteiger partial charge in [-0.1, -0.05) is 24.4 Å². The Labute approximate surface area is 185 Å². The zero-order valence-electron chi connectivity index (χ0n) is 16.9. The quantitative estimate of drug-likeness (QED) is 0.568. The van der Waals surface area contributed by atoms with Crippen LogP contribution in [0.1, 0.15) is 25.7 Å². The van der Waals surface area contributed by atoms with Gasteiger partial charge in [-0.25, -0.2) is 17.8 Å². The molecular weight excluding hydrogens is 451 g/mol. The molecule has 0 amide bonds. The highest BCUT2D eigenvalue weighted by atomic mass is 35.5. The van der Waals surface area contributed by atoms with Crippen molar-refractivity contribution < 1.29 is 17.5 Å². The number of anilines is 2. The van der Waals surface area contributed by atoms with Crippen molar-refractivity contribution in [3.8, 4) is 0 Å². The number of hydrogen-bond donors (Lipinski definition) is 2. The number of halogens is 2. The van der Waals surface area contributed by atoms with E-state index in [1.54, 1.807) is 12.5 Å². The predicted octanol–water partition coefficient (Wildman–Crippen LogP) is 4.04. The SMILES string of the molecule is COCCN(C)[C@H]1CCCC[C@@H]1Nc1cc(F)c(S(=O)(=O)Nc2nccs2)cc1Cl. The fourth-order valence-corrected chi connectivity index (χ4v) is 5.85. The van der Waals surface area contributed by atoms with Gasteiger partial charge in [0, 0.05) is 37.3 Å². The molecule has 1 fully saturated rings. The molecule has 1 aliphatic carbocycles. The second-order valence-corrected chi connectivity index (χ2v) is 10.2. The second kappa shape index (κ2) is 10.2. The maximum absolute atomic E-state index is 14.8. The monoisotopic (exact) mass is 476 g/mol. The summed E-state index contributed by atoms with van der Waals surface area (Å²) in [4.78, 5) is 5.60. The molecule has 1 aromatic heterocycles. The minimum absolute atomic E-state index is 0.0772. The molecule has 1 aliphatic rings. The maximum atomic E-state index is 14.8. The van der Waals surface area contributed by atoms with Crippen LogP contribution in [0.25, 0.3) is 0 Å². The van der Waals surface area contributed by atoms with Gasteiger partial charge >= 0.3 is 0 Å². The molecule has 7 nitrogen and oxygen atoms in total. The minimum Gasteiger partial charge on any atom is -0.383 e. The Morgan fingerprint density at radius 2 is 2.13 bits per heavy atom. The molecule has 0 aliphatic heterocycles. The van der Waals surface area contributed by atoms with Crippen LogP contribution in [-0.4, -0.2) is 57.7 Å². The second-order valence-electron chi connectivity index (χ2n) is 7.28. The van der Waals surface area contributed by atoms with Crippen LogP contribution in [0.5, 0.6) is 0 Å². The summed E-state index contributed by atoms with van der Waals surface area (Å²) in [6.45, 7) is 1.43. The molecule has 2 atom stereocenters. The number of rotatable bonds is 9. The lowest BCUT2D eigenvalue weighted by Crippen LogP contribution is -2.48. The van der Waals surface area contributed by atoms with Gasteiger partial charge in [-0.05, 0) is 32.0 Å². The third-order valence-corrected chi connectivity index (χ3v) is 7.73. The van der Waals surface area contributed by atoms with Crippen molar-refractivity contribution in [2.75, 3.05) is 37.3 Å². The zero-order chi connectivity index (χ0) is 21.7. The molecule has 3 rings (SSSR count). The van der Waals surface area contributed by atoms with Crippen molar-refractivity contribution in [2.24, 2.45) is 0 Å². The highest BCUT2D eigenvalue weighted by molar-refractivity contribution is 7.93. The van der Waals surface area contributed by atoms with Gasteiger partial charge < -0.3 is 10.1 Å². The smallest absolute Gasteiger partial charge is 0.266 e. The normalized spacial score (nSPS) is 19.8. The van der Waals surface area contributed by atoms with Crippen LogP contribution in [0.2, 0.25) is 5.02 Å². The number of nitrogens with one attached hydrogen (secondary N) is 2. The zero-order valence-corrected chi connectivity index (χ0v) is 19.3. The van der Waals surface area contributed by atoms with Crippen molar-refractivity contribution >= 4 is 43.8 Å². The third-order valence-electron chi connectivity index (χ3n) is 5.25. The minimum atomic E-state index is -4.13. The Hall–Kier alpha value is -1.46. The van der Waals surface area contributed by atoms with E-state index in [1.165, 1.54) is 6.20 Å². The Morgan fingerprint density at radius 1 is 1.37 bits per heavy atom. The van der Waals surface area contributed by atoms with E-state index >= 15 is 0 Å². The van der Waals surface area contributed by atoms with Gasteiger partial charge in [0.1, 0.15) is 10.7 Å². The third kappa shape index (κ3) is 5.61. The van der Waals surface area contributed by atoms with Gasteiger partial charge in [-0.2, -0.15) is 0 Å². The average molecular weight is 477 g/mol. The topological polar surface area (TPSA) is 83.6 Å². The van der Waals surface area contributed by atoms with Gasteiger partial charge in [-0.3, -0.25) is 9.62 Å². The van der Waals surface area contributed by atoms with Crippen LogP contribution in [0, 0.1) is 5.82 Å². The first-order chi connectivity index (χ1) is 14.3. The Balaban J connectivity index is 1.79. The van der Waals surface area contributed by atoms with E-state index < -0.39 is 20.7 Å². The summed E-state index contributed by atoms with van der Waals surface area (Å²) in [6.07, 6.45) is 5.59. The molecule has 1 saturated carbocycles. The van der Waals surface area contributed by atoms with Crippen LogP contribution in [0.3, 0.4) is 0 Å². The fraction of sp³-hybridized carbons (Fsp3) is 0.526. The summed E-state index contributed by atoms with van der Waals surface area (Å²) in [5.41, 5.74) is 0.388. The lowest BCUT2D eigenvalue weighted by atomic mass is 9.89. The average Bonchev–Trinajstić information content (AvgIpc) is 3.21. The van der Waals surface area contributed by atoms with E-state index in [-0.39, 0.29) is 22.2 Å². The van der Waals surface area contributed by atoms with E-state index in [9.17, 15) is 12.8 Å². The summed E-state index contributed by atoms with van der Waals surface area (Å²) in [5, 5.41) is 5.28. The number of ether oxygens (including phenoxy) is 1. The van der Waals surface area contributed by atoms with Gasteiger partial charge in [0.15, 0.2) is 5.13 Å². The van der Waals surface area contributed by atoms with E-state index in [2.05, 4.69) is 19.9 Å². The molecule has 0 unspecified atom stereocenters. The molecule has 0 spiro atoms. The molecule has 0 radical (unpaired) electrons. The number of sulfonamides is 1. The number of aromatic nitrogens is 1. The predicted molar refractivity (Wildman–Crippen MR) is 119 cm³/mol. The van der Waals surface area contributed by atoms with Crippen molar-refractivity contribution in [2.45, 2.75) is 42.7 Å². The summed E-state index contributed by atoms with van der Waals surface area (Å²) in [6, 6.07) is 2.62. The maximum Gasteiger partial charge on any atom is 0.266 e. The lowest BCUT2D eigenvalue weighted by molar-refractivity contribution is 0.117. The van der Waals surface area contributed by atoms with E-state index in [0.717, 1.165) is 55.7 Å². The standard InChI is InChI=1S/C19H26ClFN4O3S2/c1-25(8-9-28-2)17-6-4-3-5-15(17)23-16-12-14(21)18(11-13(16)20)30(26,27)24-19-22-7-10-29-19/h7,10-12,15,17,23H,3-6,8-9H2,1-2H3,(H,22,24)/t15-,17-/m0/s1. The fourth-order valence-electron chi connectivity index (χ4n) is 3.70. The Kier molecular flexibility index (Phi) is 7.92. The number of hydrogen-bond acceptors (Lipinski definition) is 7. The Morgan fingerprint density at radius 3 is 2.83 bits per heavy atom. The van der Waals surface area contributed by atoms with Crippen molar-refractivity contribution in [1.82, 2.24) is 9.88 Å². The van der Waals surface area contributed by atoms with E-state index in [1.807, 2.05) is 7.05 Å². The van der Waals surface area contributed by atoms with Crippen LogP contribution in [0.15, 0.2) is 28.6 Å². The molecule has 1 aromatic carbocycles. The Bertz CT molecular complexity index is 944. The van der Waals surface area contributed by atoms with Crippen LogP contribution < -0.4 is 10.0 Å². The van der Waals surface area contributed by atoms with Gasteiger partial charge in [-0.15, -0.1) is 11.3 Å². The van der Waals surface area contributed by atoms with Crippen molar-refractivity contribution in [3.05, 3.63) is 34.5 Å². The highest BCUT2D eigenvalue weighted by Gasteiger charge is 2.29. The van der Waals surface area contributed by atoms with Crippen LogP contribution in [-0.2, 0) is 14.8 Å². The van der Waals surface area contributed by atoms with Crippen molar-refractivity contribution in [3.63, 3.8) is 0 Å². The molecule has 11 heteroatoms. The number of likely N-dealkylation sites (N-methyl/N-ethyl adjacent to an activating group) is 1. The lowest BCUT2D eigenvalue weighted by Gasteiger charge is -2.39. The van der Waals surface area contributed by atoms with Crippen LogP contribution >= 0.6 is 22.9 Å². The summed E-state index contributed by atoms with van der Waals surface area (Å²) >= 11 is 7.46. The first kappa shape index (κ1) is 23.2. The summed E-state index contributed by atoms with van der Waals surface area (Å²) in [7, 11) is -0.412. The number of nitrogens with zero attached hydrogens (tertiary/aromatic N) is 2. The molecule has 0 bridgehead atoms. The first-order valence-electron chi connectivity index (χ1n) is 9.69. The number of methoxy groups -OCH3 is 1. The van der Waals surface area contributed by atoms with Crippen molar-refractivity contribution in [1.29, 1.82) is 0 Å². The molecule has 166 valence electrons. The van der Waals surface area contributed by atoms with Gasteiger partial charge in [0.05, 0.1) is 17.3 Å². The van der Waals surface area contributed by atoms with Crippen LogP contribution in [0.4, 0.5) is 15.2 Å². The van der Waals surface area contributed by atoms with Gasteiger partial charge in [0.2, 0.25) is 0 Å². The molecule has 2 aromatic rings. The van der Waals surface area contributed by atoms with E-state index in [4.69, 9.17) is 16.3 Å².